The smallest absolute Gasteiger partial charge is 0.261 e. The van der Waals surface area contributed by atoms with Crippen molar-refractivity contribution in [3.8, 4) is 5.75 Å². The number of carbonyl (C=O) groups excluding carboxylic acids is 1. The number of hydrogen-bond donors (Lipinski definition) is 1. The molecule has 31 heavy (non-hydrogen) atoms. The van der Waals surface area contributed by atoms with Crippen LogP contribution in [0.25, 0.3) is 10.9 Å². The topological polar surface area (TPSA) is 84.5 Å². The van der Waals surface area contributed by atoms with Gasteiger partial charge < -0.3 is 19.4 Å². The van der Waals surface area contributed by atoms with Crippen molar-refractivity contribution in [2.45, 2.75) is 39.3 Å². The molecule has 162 valence electrons. The maximum Gasteiger partial charge on any atom is 0.261 e. The summed E-state index contributed by atoms with van der Waals surface area (Å²) in [6.07, 6.45) is 1.87. The van der Waals surface area contributed by atoms with Crippen molar-refractivity contribution in [2.24, 2.45) is 0 Å². The Labute approximate surface area is 181 Å². The number of aryl methyl sites for hydroxylation is 2. The molecule has 0 aliphatic carbocycles. The average Bonchev–Trinajstić information content (AvgIpc) is 3.24. The van der Waals surface area contributed by atoms with Crippen molar-refractivity contribution < 1.29 is 14.3 Å². The number of rotatable bonds is 7. The van der Waals surface area contributed by atoms with Gasteiger partial charge in [-0.25, -0.2) is 4.98 Å². The summed E-state index contributed by atoms with van der Waals surface area (Å²) in [4.78, 5) is 34.5. The van der Waals surface area contributed by atoms with Crippen molar-refractivity contribution in [2.75, 3.05) is 19.8 Å². The molecule has 7 nitrogen and oxygen atoms in total. The van der Waals surface area contributed by atoms with Gasteiger partial charge in [0.25, 0.3) is 11.5 Å². The molecule has 1 saturated heterocycles. The minimum absolute atomic E-state index is 0.0163. The van der Waals surface area contributed by atoms with E-state index in [0.29, 0.717) is 35.6 Å². The van der Waals surface area contributed by atoms with Crippen molar-refractivity contribution in [3.05, 3.63) is 69.8 Å². The molecule has 0 unspecified atom stereocenters. The number of ether oxygens (including phenoxy) is 2. The number of hydrogen-bond acceptors (Lipinski definition) is 5. The Morgan fingerprint density at radius 1 is 1.23 bits per heavy atom. The molecule has 0 spiro atoms. The Morgan fingerprint density at radius 3 is 2.74 bits per heavy atom. The van der Waals surface area contributed by atoms with Crippen molar-refractivity contribution in [3.63, 3.8) is 0 Å². The molecule has 1 amide bonds. The molecule has 2 aromatic carbocycles. The third kappa shape index (κ3) is 5.30. The third-order valence-electron chi connectivity index (χ3n) is 5.36. The predicted molar refractivity (Wildman–Crippen MR) is 118 cm³/mol. The first-order valence-electron chi connectivity index (χ1n) is 10.6. The van der Waals surface area contributed by atoms with Gasteiger partial charge in [-0.1, -0.05) is 18.2 Å². The van der Waals surface area contributed by atoms with Crippen LogP contribution in [-0.2, 0) is 16.1 Å². The number of nitrogens with one attached hydrogen (secondary N) is 1. The Bertz CT molecular complexity index is 1110. The van der Waals surface area contributed by atoms with Crippen LogP contribution in [0.2, 0.25) is 0 Å². The van der Waals surface area contributed by atoms with E-state index >= 15 is 0 Å². The highest BCUT2D eigenvalue weighted by Crippen LogP contribution is 2.18. The fourth-order valence-corrected chi connectivity index (χ4v) is 3.93. The van der Waals surface area contributed by atoms with E-state index in [1.165, 1.54) is 0 Å². The van der Waals surface area contributed by atoms with Gasteiger partial charge >= 0.3 is 0 Å². The number of aromatic nitrogens is 2. The summed E-state index contributed by atoms with van der Waals surface area (Å²) in [6.45, 7) is 5.23. The number of amides is 1. The minimum atomic E-state index is -0.211. The Balaban J connectivity index is 1.52. The van der Waals surface area contributed by atoms with E-state index in [0.717, 1.165) is 24.0 Å². The lowest BCUT2D eigenvalue weighted by Gasteiger charge is -2.25. The molecular weight excluding hydrogens is 394 g/mol. The standard InChI is InChI=1S/C24H27N3O4/c1-16-10-17(2)12-19(11-16)31-15-23(28)27(13-18-6-5-9-30-18)14-22-25-21-8-4-3-7-20(21)24(29)26-22/h3-4,7-8,10-12,18H,5-6,9,13-15H2,1-2H3,(H,25,26,29)/t18-/m0/s1. The first-order valence-corrected chi connectivity index (χ1v) is 10.6. The zero-order valence-electron chi connectivity index (χ0n) is 17.9. The van der Waals surface area contributed by atoms with E-state index < -0.39 is 0 Å². The molecule has 0 radical (unpaired) electrons. The quantitative estimate of drug-likeness (QED) is 0.634. The second kappa shape index (κ2) is 9.31. The number of fused-ring (bicyclic) bond motifs is 1. The van der Waals surface area contributed by atoms with Crippen LogP contribution in [0.1, 0.15) is 29.8 Å². The summed E-state index contributed by atoms with van der Waals surface area (Å²) in [6, 6.07) is 13.0. The summed E-state index contributed by atoms with van der Waals surface area (Å²) in [5.41, 5.74) is 2.56. The highest BCUT2D eigenvalue weighted by Gasteiger charge is 2.24. The highest BCUT2D eigenvalue weighted by atomic mass is 16.5. The van der Waals surface area contributed by atoms with Gasteiger partial charge in [0.1, 0.15) is 11.6 Å². The second-order valence-corrected chi connectivity index (χ2v) is 8.05. The number of H-pyrrole nitrogens is 1. The van der Waals surface area contributed by atoms with Crippen LogP contribution in [0.3, 0.4) is 0 Å². The molecule has 1 aliphatic rings. The molecule has 1 fully saturated rings. The lowest BCUT2D eigenvalue weighted by Crippen LogP contribution is -2.40. The molecule has 7 heteroatoms. The molecule has 3 aromatic rings. The normalized spacial score (nSPS) is 15.9. The SMILES string of the molecule is Cc1cc(C)cc(OCC(=O)N(Cc2nc3ccccc3c(=O)[nH]2)C[C@@H]2CCCO2)c1. The number of aromatic amines is 1. The molecule has 1 atom stereocenters. The van der Waals surface area contributed by atoms with E-state index in [2.05, 4.69) is 16.0 Å². The van der Waals surface area contributed by atoms with Crippen LogP contribution >= 0.6 is 0 Å². The van der Waals surface area contributed by atoms with Crippen molar-refractivity contribution in [1.82, 2.24) is 14.9 Å². The molecule has 1 aliphatic heterocycles. The molecule has 1 aromatic heterocycles. The van der Waals surface area contributed by atoms with Crippen LogP contribution in [-0.4, -0.2) is 46.6 Å². The van der Waals surface area contributed by atoms with Gasteiger partial charge in [0, 0.05) is 13.2 Å². The first kappa shape index (κ1) is 21.1. The Hall–Kier alpha value is -3.19. The second-order valence-electron chi connectivity index (χ2n) is 8.05. The van der Waals surface area contributed by atoms with Crippen molar-refractivity contribution >= 4 is 16.8 Å². The van der Waals surface area contributed by atoms with Gasteiger partial charge in [0.15, 0.2) is 6.61 Å². The summed E-state index contributed by atoms with van der Waals surface area (Å²) in [5.74, 6) is 0.937. The molecule has 1 N–H and O–H groups in total. The molecule has 0 saturated carbocycles. The average molecular weight is 421 g/mol. The largest absolute Gasteiger partial charge is 0.484 e. The van der Waals surface area contributed by atoms with Gasteiger partial charge in [0.05, 0.1) is 23.6 Å². The van der Waals surface area contributed by atoms with E-state index in [1.54, 1.807) is 23.1 Å². The molecule has 0 bridgehead atoms. The highest BCUT2D eigenvalue weighted by molar-refractivity contribution is 5.78. The third-order valence-corrected chi connectivity index (χ3v) is 5.36. The van der Waals surface area contributed by atoms with Gasteiger partial charge in [-0.15, -0.1) is 0 Å². The fourth-order valence-electron chi connectivity index (χ4n) is 3.93. The predicted octanol–water partition coefficient (Wildman–Crippen LogP) is 3.13. The van der Waals surface area contributed by atoms with Gasteiger partial charge in [-0.2, -0.15) is 0 Å². The van der Waals surface area contributed by atoms with E-state index in [4.69, 9.17) is 9.47 Å². The van der Waals surface area contributed by atoms with Gasteiger partial charge in [-0.05, 0) is 62.1 Å². The summed E-state index contributed by atoms with van der Waals surface area (Å²) < 4.78 is 11.5. The number of nitrogens with zero attached hydrogens (tertiary/aromatic N) is 2. The monoisotopic (exact) mass is 421 g/mol. The summed E-state index contributed by atoms with van der Waals surface area (Å²) >= 11 is 0. The number of carbonyl (C=O) groups is 1. The lowest BCUT2D eigenvalue weighted by atomic mass is 10.1. The van der Waals surface area contributed by atoms with Crippen molar-refractivity contribution in [1.29, 1.82) is 0 Å². The maximum absolute atomic E-state index is 13.1. The molecule has 4 rings (SSSR count). The van der Waals surface area contributed by atoms with Gasteiger partial charge in [-0.3, -0.25) is 9.59 Å². The van der Waals surface area contributed by atoms with Gasteiger partial charge in [0.2, 0.25) is 0 Å². The van der Waals surface area contributed by atoms with Crippen LogP contribution < -0.4 is 10.3 Å². The zero-order valence-corrected chi connectivity index (χ0v) is 17.9. The molecular formula is C24H27N3O4. The summed E-state index contributed by atoms with van der Waals surface area (Å²) in [5, 5.41) is 0.529. The molecule has 2 heterocycles. The minimum Gasteiger partial charge on any atom is -0.484 e. The maximum atomic E-state index is 13.1. The van der Waals surface area contributed by atoms with E-state index in [1.807, 2.05) is 32.0 Å². The van der Waals surface area contributed by atoms with E-state index in [9.17, 15) is 9.59 Å². The van der Waals surface area contributed by atoms with E-state index in [-0.39, 0.29) is 30.7 Å². The zero-order chi connectivity index (χ0) is 21.8. The number of benzene rings is 2. The van der Waals surface area contributed by atoms with Crippen LogP contribution in [0.4, 0.5) is 0 Å². The van der Waals surface area contributed by atoms with Crippen LogP contribution in [0, 0.1) is 13.8 Å². The first-order chi connectivity index (χ1) is 15.0. The summed E-state index contributed by atoms with van der Waals surface area (Å²) in [7, 11) is 0. The fraction of sp³-hybridized carbons (Fsp3) is 0.375. The number of para-hydroxylation sites is 1. The lowest BCUT2D eigenvalue weighted by molar-refractivity contribution is -0.135. The van der Waals surface area contributed by atoms with Crippen LogP contribution in [0.5, 0.6) is 5.75 Å². The Kier molecular flexibility index (Phi) is 6.32. The Morgan fingerprint density at radius 2 is 2.00 bits per heavy atom. The van der Waals surface area contributed by atoms with Crippen LogP contribution in [0.15, 0.2) is 47.3 Å².